The second-order valence-corrected chi connectivity index (χ2v) is 8.05. The van der Waals surface area contributed by atoms with Crippen molar-refractivity contribution < 1.29 is 9.90 Å². The average molecular weight is 467 g/mol. The monoisotopic (exact) mass is 465 g/mol. The molecule has 0 aliphatic carbocycles. The molecular weight excluding hydrogens is 450 g/mol. The highest BCUT2D eigenvalue weighted by Crippen LogP contribution is 2.39. The number of carbonyl (C=O) groups is 1. The lowest BCUT2D eigenvalue weighted by Crippen LogP contribution is -2.50. The van der Waals surface area contributed by atoms with E-state index in [0.29, 0.717) is 41.5 Å². The molecule has 1 fully saturated rings. The van der Waals surface area contributed by atoms with Crippen molar-refractivity contribution in [1.82, 2.24) is 19.5 Å². The summed E-state index contributed by atoms with van der Waals surface area (Å²) in [6.45, 7) is 1.07. The number of benzene rings is 1. The van der Waals surface area contributed by atoms with Crippen LogP contribution in [0.2, 0.25) is 5.02 Å². The molecule has 1 aliphatic heterocycles. The first-order valence-corrected chi connectivity index (χ1v) is 9.62. The van der Waals surface area contributed by atoms with Gasteiger partial charge >= 0.3 is 5.97 Å². The molecular formula is C17H17BrClN7O2. The van der Waals surface area contributed by atoms with E-state index in [-0.39, 0.29) is 6.54 Å². The molecule has 9 nitrogen and oxygen atoms in total. The van der Waals surface area contributed by atoms with Gasteiger partial charge in [0.15, 0.2) is 11.5 Å². The first kappa shape index (κ1) is 18.9. The van der Waals surface area contributed by atoms with Crippen molar-refractivity contribution in [2.45, 2.75) is 18.5 Å². The molecule has 1 aromatic carbocycles. The molecule has 1 unspecified atom stereocenters. The number of halogens is 2. The molecule has 28 heavy (non-hydrogen) atoms. The number of hydrogen-bond donors (Lipinski definition) is 3. The fourth-order valence-electron chi connectivity index (χ4n) is 3.46. The standard InChI is InChI=1S/C17H17BrClN7O2/c18-10-1-2-11(19)13(25-4-3-17(21,6-25)16(27)28)9(10)5-26-8-24-12-14(20)22-7-23-15(12)26/h1-2,7-8H,3-6,21H2,(H,27,28)(H2,20,22,23). The van der Waals surface area contributed by atoms with Crippen LogP contribution in [-0.4, -0.2) is 49.2 Å². The molecule has 5 N–H and O–H groups in total. The van der Waals surface area contributed by atoms with Crippen LogP contribution in [0.15, 0.2) is 29.3 Å². The van der Waals surface area contributed by atoms with E-state index in [1.54, 1.807) is 12.4 Å². The van der Waals surface area contributed by atoms with Crippen LogP contribution >= 0.6 is 27.5 Å². The fourth-order valence-corrected chi connectivity index (χ4v) is 4.20. The predicted octanol–water partition coefficient (Wildman–Crippen LogP) is 1.86. The summed E-state index contributed by atoms with van der Waals surface area (Å²) in [5.41, 5.74) is 13.4. The van der Waals surface area contributed by atoms with E-state index in [1.807, 2.05) is 15.5 Å². The van der Waals surface area contributed by atoms with E-state index >= 15 is 0 Å². The molecule has 1 atom stereocenters. The first-order chi connectivity index (χ1) is 13.3. The van der Waals surface area contributed by atoms with Gasteiger partial charge in [-0.05, 0) is 18.6 Å². The molecule has 4 rings (SSSR count). The van der Waals surface area contributed by atoms with Crippen LogP contribution in [0, 0.1) is 0 Å². The molecule has 0 radical (unpaired) electrons. The lowest BCUT2D eigenvalue weighted by molar-refractivity contribution is -0.142. The van der Waals surface area contributed by atoms with Gasteiger partial charge in [-0.2, -0.15) is 0 Å². The summed E-state index contributed by atoms with van der Waals surface area (Å²) in [7, 11) is 0. The quantitative estimate of drug-likeness (QED) is 0.530. The van der Waals surface area contributed by atoms with Gasteiger partial charge in [0, 0.05) is 23.1 Å². The maximum atomic E-state index is 11.5. The predicted molar refractivity (Wildman–Crippen MR) is 109 cm³/mol. The summed E-state index contributed by atoms with van der Waals surface area (Å²) in [5, 5.41) is 9.97. The van der Waals surface area contributed by atoms with Gasteiger partial charge in [0.1, 0.15) is 17.4 Å². The van der Waals surface area contributed by atoms with Crippen LogP contribution < -0.4 is 16.4 Å². The molecule has 146 valence electrons. The third-order valence-corrected chi connectivity index (χ3v) is 6.03. The Morgan fingerprint density at radius 1 is 1.36 bits per heavy atom. The van der Waals surface area contributed by atoms with Crippen molar-refractivity contribution in [2.24, 2.45) is 5.73 Å². The number of fused-ring (bicyclic) bond motifs is 1. The van der Waals surface area contributed by atoms with Gasteiger partial charge in [0.05, 0.1) is 23.6 Å². The van der Waals surface area contributed by atoms with Crippen LogP contribution in [-0.2, 0) is 11.3 Å². The average Bonchev–Trinajstić information content (AvgIpc) is 3.24. The lowest BCUT2D eigenvalue weighted by atomic mass is 10.0. The first-order valence-electron chi connectivity index (χ1n) is 8.45. The third kappa shape index (κ3) is 3.07. The molecule has 0 spiro atoms. The zero-order valence-corrected chi connectivity index (χ0v) is 17.0. The van der Waals surface area contributed by atoms with E-state index in [1.165, 1.54) is 6.33 Å². The normalized spacial score (nSPS) is 19.5. The van der Waals surface area contributed by atoms with Gasteiger partial charge in [-0.1, -0.05) is 27.5 Å². The maximum absolute atomic E-state index is 11.5. The van der Waals surface area contributed by atoms with E-state index in [0.717, 1.165) is 15.7 Å². The van der Waals surface area contributed by atoms with Gasteiger partial charge < -0.3 is 26.0 Å². The number of rotatable bonds is 4. The number of nitrogens with zero attached hydrogens (tertiary/aromatic N) is 5. The molecule has 2 aromatic heterocycles. The van der Waals surface area contributed by atoms with Crippen molar-refractivity contribution in [3.8, 4) is 0 Å². The maximum Gasteiger partial charge on any atom is 0.325 e. The zero-order valence-electron chi connectivity index (χ0n) is 14.6. The Morgan fingerprint density at radius 2 is 2.14 bits per heavy atom. The Kier molecular flexibility index (Phi) is 4.64. The van der Waals surface area contributed by atoms with Gasteiger partial charge in [-0.25, -0.2) is 15.0 Å². The number of nitrogen functional groups attached to an aromatic ring is 1. The summed E-state index contributed by atoms with van der Waals surface area (Å²) >= 11 is 10.1. The van der Waals surface area contributed by atoms with Crippen molar-refractivity contribution in [1.29, 1.82) is 0 Å². The number of carboxylic acid groups (broad SMARTS) is 1. The number of imidazole rings is 1. The molecule has 0 bridgehead atoms. The van der Waals surface area contributed by atoms with Gasteiger partial charge in [-0.15, -0.1) is 0 Å². The summed E-state index contributed by atoms with van der Waals surface area (Å²) in [6.07, 6.45) is 3.36. The lowest BCUT2D eigenvalue weighted by Gasteiger charge is -2.26. The van der Waals surface area contributed by atoms with Crippen molar-refractivity contribution in [2.75, 3.05) is 23.7 Å². The molecule has 3 aromatic rings. The van der Waals surface area contributed by atoms with Crippen LogP contribution in [0.4, 0.5) is 11.5 Å². The second kappa shape index (κ2) is 6.87. The van der Waals surface area contributed by atoms with Crippen molar-refractivity contribution in [3.05, 3.63) is 39.8 Å². The zero-order chi connectivity index (χ0) is 20.1. The minimum atomic E-state index is -1.30. The number of nitrogens with two attached hydrogens (primary N) is 2. The van der Waals surface area contributed by atoms with Crippen molar-refractivity contribution >= 4 is 56.2 Å². The van der Waals surface area contributed by atoms with Gasteiger partial charge in [0.2, 0.25) is 0 Å². The van der Waals surface area contributed by atoms with Crippen LogP contribution in [0.1, 0.15) is 12.0 Å². The van der Waals surface area contributed by atoms with E-state index < -0.39 is 11.5 Å². The Bertz CT molecular complexity index is 1090. The minimum Gasteiger partial charge on any atom is -0.480 e. The van der Waals surface area contributed by atoms with E-state index in [9.17, 15) is 9.90 Å². The number of aliphatic carboxylic acids is 1. The number of anilines is 2. The van der Waals surface area contributed by atoms with Crippen LogP contribution in [0.5, 0.6) is 0 Å². The molecule has 11 heteroatoms. The highest BCUT2D eigenvalue weighted by atomic mass is 79.9. The molecule has 1 saturated heterocycles. The topological polar surface area (TPSA) is 136 Å². The fraction of sp³-hybridized carbons (Fsp3) is 0.294. The highest BCUT2D eigenvalue weighted by molar-refractivity contribution is 9.10. The Morgan fingerprint density at radius 3 is 2.86 bits per heavy atom. The smallest absolute Gasteiger partial charge is 0.325 e. The third-order valence-electron chi connectivity index (χ3n) is 4.98. The number of carboxylic acids is 1. The van der Waals surface area contributed by atoms with E-state index in [2.05, 4.69) is 30.9 Å². The highest BCUT2D eigenvalue weighted by Gasteiger charge is 2.42. The number of hydrogen-bond acceptors (Lipinski definition) is 7. The Balaban J connectivity index is 1.77. The molecule has 0 saturated carbocycles. The molecule has 3 heterocycles. The minimum absolute atomic E-state index is 0.172. The Hall–Kier alpha value is -2.43. The van der Waals surface area contributed by atoms with Gasteiger partial charge in [0.25, 0.3) is 0 Å². The second-order valence-electron chi connectivity index (χ2n) is 6.79. The summed E-state index contributed by atoms with van der Waals surface area (Å²) in [5.74, 6) is -0.710. The Labute approximate surface area is 173 Å². The van der Waals surface area contributed by atoms with E-state index in [4.69, 9.17) is 23.1 Å². The van der Waals surface area contributed by atoms with Gasteiger partial charge in [-0.3, -0.25) is 4.79 Å². The SMILES string of the molecule is Nc1ncnc2c1ncn2Cc1c(Br)ccc(Cl)c1N1CCC(N)(C(=O)O)C1. The summed E-state index contributed by atoms with van der Waals surface area (Å²) in [6, 6.07) is 3.63. The summed E-state index contributed by atoms with van der Waals surface area (Å²) in [4.78, 5) is 26.0. The largest absolute Gasteiger partial charge is 0.480 e. The van der Waals surface area contributed by atoms with Crippen molar-refractivity contribution in [3.63, 3.8) is 0 Å². The van der Waals surface area contributed by atoms with Crippen LogP contribution in [0.3, 0.4) is 0 Å². The summed E-state index contributed by atoms with van der Waals surface area (Å²) < 4.78 is 2.68. The molecule has 0 amide bonds. The molecule has 1 aliphatic rings. The number of aromatic nitrogens is 4. The van der Waals surface area contributed by atoms with Crippen LogP contribution in [0.25, 0.3) is 11.2 Å².